The van der Waals surface area contributed by atoms with E-state index in [9.17, 15) is 9.50 Å². The maximum Gasteiger partial charge on any atom is 0.166 e. The first-order valence-electron chi connectivity index (χ1n) is 6.72. The Morgan fingerprint density at radius 1 is 1.00 bits per heavy atom. The summed E-state index contributed by atoms with van der Waals surface area (Å²) in [5.41, 5.74) is 1.68. The molecule has 0 aliphatic carbocycles. The smallest absolute Gasteiger partial charge is 0.166 e. The Morgan fingerprint density at radius 3 is 2.35 bits per heavy atom. The molecule has 2 nitrogen and oxygen atoms in total. The summed E-state index contributed by atoms with van der Waals surface area (Å²) >= 11 is 0. The van der Waals surface area contributed by atoms with E-state index < -0.39 is 11.9 Å². The van der Waals surface area contributed by atoms with Crippen molar-refractivity contribution in [1.29, 1.82) is 0 Å². The lowest BCUT2D eigenvalue weighted by molar-refractivity contribution is 0.198. The lowest BCUT2D eigenvalue weighted by Gasteiger charge is -2.11. The molecule has 0 radical (unpaired) electrons. The van der Waals surface area contributed by atoms with Crippen LogP contribution in [0.15, 0.2) is 42.5 Å². The van der Waals surface area contributed by atoms with Gasteiger partial charge in [0.15, 0.2) is 11.6 Å². The summed E-state index contributed by atoms with van der Waals surface area (Å²) in [6, 6.07) is 12.1. The maximum absolute atomic E-state index is 13.9. The van der Waals surface area contributed by atoms with Crippen LogP contribution >= 0.6 is 0 Å². The highest BCUT2D eigenvalue weighted by Crippen LogP contribution is 2.28. The number of ether oxygens (including phenoxy) is 1. The van der Waals surface area contributed by atoms with Crippen molar-refractivity contribution in [3.8, 4) is 11.5 Å². The first-order chi connectivity index (χ1) is 9.47. The fraction of sp³-hybridized carbons (Fsp3) is 0.294. The van der Waals surface area contributed by atoms with Gasteiger partial charge >= 0.3 is 0 Å². The molecule has 0 saturated carbocycles. The number of rotatable bonds is 4. The average Bonchev–Trinajstić information content (AvgIpc) is 2.41. The van der Waals surface area contributed by atoms with Crippen molar-refractivity contribution in [1.82, 2.24) is 0 Å². The molecule has 0 aromatic heterocycles. The molecular formula is C17H19FO2. The first-order valence-corrected chi connectivity index (χ1v) is 6.72. The van der Waals surface area contributed by atoms with Crippen molar-refractivity contribution in [2.24, 2.45) is 0 Å². The van der Waals surface area contributed by atoms with E-state index in [0.29, 0.717) is 17.2 Å². The molecule has 0 spiro atoms. The van der Waals surface area contributed by atoms with Gasteiger partial charge in [-0.25, -0.2) is 4.39 Å². The monoisotopic (exact) mass is 274 g/mol. The van der Waals surface area contributed by atoms with Crippen molar-refractivity contribution in [2.75, 3.05) is 0 Å². The van der Waals surface area contributed by atoms with Crippen LogP contribution in [0.1, 0.15) is 43.9 Å². The highest BCUT2D eigenvalue weighted by Gasteiger charge is 2.09. The normalized spacial score (nSPS) is 12.5. The predicted octanol–water partition coefficient (Wildman–Crippen LogP) is 4.79. The van der Waals surface area contributed by atoms with E-state index >= 15 is 0 Å². The topological polar surface area (TPSA) is 29.5 Å². The van der Waals surface area contributed by atoms with Gasteiger partial charge in [-0.1, -0.05) is 32.0 Å². The van der Waals surface area contributed by atoms with Crippen LogP contribution in [-0.4, -0.2) is 5.11 Å². The van der Waals surface area contributed by atoms with Crippen LogP contribution in [0.25, 0.3) is 0 Å². The van der Waals surface area contributed by atoms with Gasteiger partial charge in [-0.2, -0.15) is 0 Å². The number of hydrogen-bond donors (Lipinski definition) is 1. The Bertz CT molecular complexity index is 591. The standard InChI is InChI=1S/C17H19FO2/c1-11(2)13-5-4-6-15(9-13)20-17-8-7-14(12(3)19)10-16(17)18/h4-12,19H,1-3H3. The molecule has 106 valence electrons. The zero-order valence-corrected chi connectivity index (χ0v) is 11.9. The molecule has 0 bridgehead atoms. The lowest BCUT2D eigenvalue weighted by Crippen LogP contribution is -1.95. The summed E-state index contributed by atoms with van der Waals surface area (Å²) in [4.78, 5) is 0. The molecule has 0 saturated heterocycles. The number of aliphatic hydroxyl groups excluding tert-OH is 1. The molecule has 0 aliphatic rings. The number of halogens is 1. The SMILES string of the molecule is CC(C)c1cccc(Oc2ccc(C(C)O)cc2F)c1. The van der Waals surface area contributed by atoms with Gasteiger partial charge in [0.1, 0.15) is 5.75 Å². The average molecular weight is 274 g/mol. The molecule has 2 aromatic rings. The van der Waals surface area contributed by atoms with Gasteiger partial charge in [0.2, 0.25) is 0 Å². The second-order valence-electron chi connectivity index (χ2n) is 5.20. The van der Waals surface area contributed by atoms with Gasteiger partial charge in [0.05, 0.1) is 6.10 Å². The van der Waals surface area contributed by atoms with Crippen molar-refractivity contribution < 1.29 is 14.2 Å². The van der Waals surface area contributed by atoms with Gasteiger partial charge in [-0.15, -0.1) is 0 Å². The van der Waals surface area contributed by atoms with E-state index in [0.717, 1.165) is 5.56 Å². The van der Waals surface area contributed by atoms with Gasteiger partial charge in [-0.3, -0.25) is 0 Å². The van der Waals surface area contributed by atoms with E-state index in [1.54, 1.807) is 25.1 Å². The van der Waals surface area contributed by atoms with Crippen molar-refractivity contribution in [2.45, 2.75) is 32.8 Å². The summed E-state index contributed by atoms with van der Waals surface area (Å²) in [5.74, 6) is 0.689. The molecule has 0 aliphatic heterocycles. The Balaban J connectivity index is 2.24. The summed E-state index contributed by atoms with van der Waals surface area (Å²) in [5, 5.41) is 9.42. The van der Waals surface area contributed by atoms with Crippen LogP contribution in [0, 0.1) is 5.82 Å². The molecule has 2 aromatic carbocycles. The molecule has 0 amide bonds. The highest BCUT2D eigenvalue weighted by atomic mass is 19.1. The first kappa shape index (κ1) is 14.5. The van der Waals surface area contributed by atoms with E-state index in [-0.39, 0.29) is 5.75 Å². The van der Waals surface area contributed by atoms with Gasteiger partial charge < -0.3 is 9.84 Å². The fourth-order valence-corrected chi connectivity index (χ4v) is 1.92. The molecule has 20 heavy (non-hydrogen) atoms. The number of hydrogen-bond acceptors (Lipinski definition) is 2. The predicted molar refractivity (Wildman–Crippen MR) is 77.6 cm³/mol. The van der Waals surface area contributed by atoms with Crippen LogP contribution in [0.3, 0.4) is 0 Å². The van der Waals surface area contributed by atoms with Gasteiger partial charge in [0.25, 0.3) is 0 Å². The third kappa shape index (κ3) is 3.36. The van der Waals surface area contributed by atoms with Crippen molar-refractivity contribution in [3.05, 3.63) is 59.4 Å². The van der Waals surface area contributed by atoms with Crippen LogP contribution < -0.4 is 4.74 Å². The molecule has 0 fully saturated rings. The van der Waals surface area contributed by atoms with Crippen LogP contribution in [0.4, 0.5) is 4.39 Å². The molecule has 0 heterocycles. The third-order valence-corrected chi connectivity index (χ3v) is 3.19. The van der Waals surface area contributed by atoms with Crippen molar-refractivity contribution >= 4 is 0 Å². The number of benzene rings is 2. The van der Waals surface area contributed by atoms with Crippen molar-refractivity contribution in [3.63, 3.8) is 0 Å². The Hall–Kier alpha value is -1.87. The fourth-order valence-electron chi connectivity index (χ4n) is 1.92. The molecule has 3 heteroatoms. The Labute approximate surface area is 118 Å². The minimum absolute atomic E-state index is 0.162. The van der Waals surface area contributed by atoms with E-state index in [4.69, 9.17) is 4.74 Å². The Morgan fingerprint density at radius 2 is 1.75 bits per heavy atom. The lowest BCUT2D eigenvalue weighted by atomic mass is 10.0. The zero-order chi connectivity index (χ0) is 14.7. The van der Waals surface area contributed by atoms with Crippen LogP contribution in [0.2, 0.25) is 0 Å². The van der Waals surface area contributed by atoms with E-state index in [1.165, 1.54) is 6.07 Å². The molecular weight excluding hydrogens is 255 g/mol. The highest BCUT2D eigenvalue weighted by molar-refractivity contribution is 5.37. The molecule has 1 N–H and O–H groups in total. The molecule has 2 rings (SSSR count). The second kappa shape index (κ2) is 6.06. The van der Waals surface area contributed by atoms with E-state index in [2.05, 4.69) is 13.8 Å². The minimum atomic E-state index is -0.692. The third-order valence-electron chi connectivity index (χ3n) is 3.19. The largest absolute Gasteiger partial charge is 0.454 e. The maximum atomic E-state index is 13.9. The molecule has 1 atom stereocenters. The minimum Gasteiger partial charge on any atom is -0.454 e. The van der Waals surface area contributed by atoms with Gasteiger partial charge in [-0.05, 0) is 48.2 Å². The number of aliphatic hydroxyl groups is 1. The van der Waals surface area contributed by atoms with Crippen LogP contribution in [-0.2, 0) is 0 Å². The van der Waals surface area contributed by atoms with E-state index in [1.807, 2.05) is 18.2 Å². The zero-order valence-electron chi connectivity index (χ0n) is 11.9. The quantitative estimate of drug-likeness (QED) is 0.868. The summed E-state index contributed by atoms with van der Waals surface area (Å²) in [6.45, 7) is 5.79. The van der Waals surface area contributed by atoms with Gasteiger partial charge in [0, 0.05) is 0 Å². The summed E-state index contributed by atoms with van der Waals surface area (Å²) in [7, 11) is 0. The van der Waals surface area contributed by atoms with Crippen LogP contribution in [0.5, 0.6) is 11.5 Å². The summed E-state index contributed by atoms with van der Waals surface area (Å²) < 4.78 is 19.5. The Kier molecular flexibility index (Phi) is 4.40. The molecule has 1 unspecified atom stereocenters. The second-order valence-corrected chi connectivity index (χ2v) is 5.20. The summed E-state index contributed by atoms with van der Waals surface area (Å²) in [6.07, 6.45) is -0.692.